The van der Waals surface area contributed by atoms with Crippen LogP contribution in [0.2, 0.25) is 5.02 Å². The Bertz CT molecular complexity index is 1000. The third-order valence-electron chi connectivity index (χ3n) is 4.11. The number of nitrogens with zero attached hydrogens (tertiary/aromatic N) is 1. The second kappa shape index (κ2) is 7.84. The lowest BCUT2D eigenvalue weighted by Crippen LogP contribution is -2.30. The van der Waals surface area contributed by atoms with Crippen molar-refractivity contribution in [2.75, 3.05) is 18.4 Å². The van der Waals surface area contributed by atoms with E-state index in [1.165, 1.54) is 36.4 Å². The van der Waals surface area contributed by atoms with Crippen LogP contribution < -0.4 is 5.32 Å². The number of carbonyl (C=O) groups excluding carboxylic acids is 1. The molecule has 1 aliphatic rings. The van der Waals surface area contributed by atoms with Crippen LogP contribution in [0, 0.1) is 5.82 Å². The van der Waals surface area contributed by atoms with Gasteiger partial charge in [0.2, 0.25) is 10.0 Å². The quantitative estimate of drug-likeness (QED) is 0.708. The Kier molecular flexibility index (Phi) is 5.87. The van der Waals surface area contributed by atoms with E-state index >= 15 is 0 Å². The number of sulfonamides is 1. The number of nitrogens with one attached hydrogen (secondary N) is 1. The van der Waals surface area contributed by atoms with E-state index in [0.29, 0.717) is 12.1 Å². The maximum absolute atomic E-state index is 13.3. The van der Waals surface area contributed by atoms with Crippen molar-refractivity contribution in [2.45, 2.75) is 17.4 Å². The van der Waals surface area contributed by atoms with Gasteiger partial charge in [-0.3, -0.25) is 4.79 Å². The number of anilines is 1. The monoisotopic (exact) mass is 476 g/mol. The van der Waals surface area contributed by atoms with Crippen molar-refractivity contribution < 1.29 is 22.7 Å². The van der Waals surface area contributed by atoms with E-state index < -0.39 is 27.9 Å². The predicted molar refractivity (Wildman–Crippen MR) is 103 cm³/mol. The standard InChI is InChI=1S/C17H15BrClFN2O4S/c18-13-8-11(2-4-15(13)20)21-17(24)10-1-3-14(19)16(7-10)27(25,26)22-6-5-12(23)9-22/h1-4,7-8,12,23H,5-6,9H2,(H,21,24). The molecular formula is C17H15BrClFN2O4S. The summed E-state index contributed by atoms with van der Waals surface area (Å²) in [6.07, 6.45) is -0.377. The zero-order chi connectivity index (χ0) is 19.8. The van der Waals surface area contributed by atoms with Crippen LogP contribution in [-0.2, 0) is 10.0 Å². The lowest BCUT2D eigenvalue weighted by molar-refractivity contribution is 0.102. The molecule has 1 fully saturated rings. The molecule has 0 spiro atoms. The molecule has 0 radical (unpaired) electrons. The fourth-order valence-corrected chi connectivity index (χ4v) is 5.06. The van der Waals surface area contributed by atoms with Gasteiger partial charge in [0.25, 0.3) is 5.91 Å². The maximum Gasteiger partial charge on any atom is 0.255 e. The molecule has 2 N–H and O–H groups in total. The summed E-state index contributed by atoms with van der Waals surface area (Å²) in [5.74, 6) is -1.04. The number of aliphatic hydroxyl groups excluding tert-OH is 1. The molecule has 1 unspecified atom stereocenters. The first kappa shape index (κ1) is 20.2. The van der Waals surface area contributed by atoms with Crippen LogP contribution in [0.5, 0.6) is 0 Å². The first-order valence-corrected chi connectivity index (χ1v) is 10.5. The molecule has 0 aromatic heterocycles. The lowest BCUT2D eigenvalue weighted by atomic mass is 10.2. The van der Waals surface area contributed by atoms with Crippen molar-refractivity contribution in [1.82, 2.24) is 4.31 Å². The second-order valence-corrected chi connectivity index (χ2v) is 9.20. The summed E-state index contributed by atoms with van der Waals surface area (Å²) in [6.45, 7) is 0.165. The molecular weight excluding hydrogens is 463 g/mol. The SMILES string of the molecule is O=C(Nc1ccc(F)c(Br)c1)c1ccc(Cl)c(S(=O)(=O)N2CCC(O)C2)c1. The van der Waals surface area contributed by atoms with Crippen LogP contribution in [-0.4, -0.2) is 42.9 Å². The van der Waals surface area contributed by atoms with Gasteiger partial charge in [-0.15, -0.1) is 0 Å². The van der Waals surface area contributed by atoms with Gasteiger partial charge >= 0.3 is 0 Å². The van der Waals surface area contributed by atoms with Crippen LogP contribution in [0.15, 0.2) is 45.8 Å². The van der Waals surface area contributed by atoms with Crippen LogP contribution in [0.3, 0.4) is 0 Å². The highest BCUT2D eigenvalue weighted by atomic mass is 79.9. The van der Waals surface area contributed by atoms with Crippen molar-refractivity contribution in [1.29, 1.82) is 0 Å². The number of amides is 1. The summed E-state index contributed by atoms with van der Waals surface area (Å²) >= 11 is 9.08. The Balaban J connectivity index is 1.88. The zero-order valence-corrected chi connectivity index (χ0v) is 17.0. The summed E-state index contributed by atoms with van der Waals surface area (Å²) in [4.78, 5) is 12.3. The molecule has 1 saturated heterocycles. The summed E-state index contributed by atoms with van der Waals surface area (Å²) in [5.41, 5.74) is 0.425. The molecule has 6 nitrogen and oxygen atoms in total. The number of rotatable bonds is 4. The number of aliphatic hydroxyl groups is 1. The number of hydrogen-bond donors (Lipinski definition) is 2. The van der Waals surface area contributed by atoms with Crippen LogP contribution in [0.1, 0.15) is 16.8 Å². The fraction of sp³-hybridized carbons (Fsp3) is 0.235. The van der Waals surface area contributed by atoms with Gasteiger partial charge in [0.1, 0.15) is 10.7 Å². The maximum atomic E-state index is 13.3. The average Bonchev–Trinajstić information content (AvgIpc) is 3.05. The Morgan fingerprint density at radius 2 is 2.04 bits per heavy atom. The van der Waals surface area contributed by atoms with E-state index in [1.807, 2.05) is 0 Å². The normalized spacial score (nSPS) is 17.9. The highest BCUT2D eigenvalue weighted by molar-refractivity contribution is 9.10. The molecule has 3 rings (SSSR count). The zero-order valence-electron chi connectivity index (χ0n) is 13.8. The highest BCUT2D eigenvalue weighted by Crippen LogP contribution is 2.29. The number of halogens is 3. The molecule has 1 heterocycles. The van der Waals surface area contributed by atoms with Gasteiger partial charge in [-0.2, -0.15) is 4.31 Å². The van der Waals surface area contributed by atoms with Crippen LogP contribution >= 0.6 is 27.5 Å². The van der Waals surface area contributed by atoms with Gasteiger partial charge in [0, 0.05) is 24.3 Å². The molecule has 0 bridgehead atoms. The summed E-state index contributed by atoms with van der Waals surface area (Å²) in [7, 11) is -3.94. The average molecular weight is 478 g/mol. The number of hydrogen-bond acceptors (Lipinski definition) is 4. The van der Waals surface area contributed by atoms with Crippen molar-refractivity contribution in [2.24, 2.45) is 0 Å². The van der Waals surface area contributed by atoms with E-state index in [-0.39, 0.29) is 33.0 Å². The topological polar surface area (TPSA) is 86.7 Å². The van der Waals surface area contributed by atoms with E-state index in [0.717, 1.165) is 4.31 Å². The minimum absolute atomic E-state index is 0.0152. The first-order chi connectivity index (χ1) is 12.7. The van der Waals surface area contributed by atoms with Crippen molar-refractivity contribution in [3.63, 3.8) is 0 Å². The molecule has 144 valence electrons. The number of β-amino-alcohol motifs (C(OH)–C–C–N with tert-alkyl or cyclic N) is 1. The van der Waals surface area contributed by atoms with Crippen LogP contribution in [0.4, 0.5) is 10.1 Å². The van der Waals surface area contributed by atoms with E-state index in [1.54, 1.807) is 0 Å². The van der Waals surface area contributed by atoms with Crippen molar-refractivity contribution >= 4 is 49.1 Å². The second-order valence-electron chi connectivity index (χ2n) is 6.03. The molecule has 1 amide bonds. The molecule has 0 aliphatic carbocycles. The fourth-order valence-electron chi connectivity index (χ4n) is 2.69. The minimum Gasteiger partial charge on any atom is -0.392 e. The van der Waals surface area contributed by atoms with Crippen LogP contribution in [0.25, 0.3) is 0 Å². The Labute approximate surface area is 169 Å². The number of benzene rings is 2. The molecule has 2 aromatic carbocycles. The molecule has 27 heavy (non-hydrogen) atoms. The van der Waals surface area contributed by atoms with Gasteiger partial charge in [-0.1, -0.05) is 11.6 Å². The van der Waals surface area contributed by atoms with Gasteiger partial charge in [0.05, 0.1) is 15.6 Å². The van der Waals surface area contributed by atoms with Crippen molar-refractivity contribution in [3.05, 3.63) is 57.3 Å². The third kappa shape index (κ3) is 4.33. The van der Waals surface area contributed by atoms with E-state index in [4.69, 9.17) is 11.6 Å². The van der Waals surface area contributed by atoms with E-state index in [9.17, 15) is 22.7 Å². The van der Waals surface area contributed by atoms with Crippen molar-refractivity contribution in [3.8, 4) is 0 Å². The highest BCUT2D eigenvalue weighted by Gasteiger charge is 2.33. The molecule has 2 aromatic rings. The smallest absolute Gasteiger partial charge is 0.255 e. The van der Waals surface area contributed by atoms with Gasteiger partial charge in [0.15, 0.2) is 0 Å². The lowest BCUT2D eigenvalue weighted by Gasteiger charge is -2.17. The Morgan fingerprint density at radius 1 is 1.30 bits per heavy atom. The Hall–Kier alpha value is -1.52. The number of carbonyl (C=O) groups is 1. The summed E-state index contributed by atoms with van der Waals surface area (Å²) < 4.78 is 40.2. The predicted octanol–water partition coefficient (Wildman–Crippen LogP) is 3.25. The largest absolute Gasteiger partial charge is 0.392 e. The summed E-state index contributed by atoms with van der Waals surface area (Å²) in [5, 5.41) is 12.2. The first-order valence-electron chi connectivity index (χ1n) is 7.92. The minimum atomic E-state index is -3.94. The molecule has 1 aliphatic heterocycles. The molecule has 1 atom stereocenters. The van der Waals surface area contributed by atoms with E-state index in [2.05, 4.69) is 21.2 Å². The van der Waals surface area contributed by atoms with Gasteiger partial charge < -0.3 is 10.4 Å². The molecule has 10 heteroatoms. The molecule has 0 saturated carbocycles. The van der Waals surface area contributed by atoms with Gasteiger partial charge in [-0.25, -0.2) is 12.8 Å². The summed E-state index contributed by atoms with van der Waals surface area (Å²) in [6, 6.07) is 7.89. The van der Waals surface area contributed by atoms with Gasteiger partial charge in [-0.05, 0) is 58.7 Å². The Morgan fingerprint density at radius 3 is 2.67 bits per heavy atom. The third-order valence-corrected chi connectivity index (χ3v) is 7.07.